The van der Waals surface area contributed by atoms with E-state index in [1.165, 1.54) is 0 Å². The van der Waals surface area contributed by atoms with Gasteiger partial charge in [-0.15, -0.1) is 0 Å². The van der Waals surface area contributed by atoms with Crippen LogP contribution in [0.4, 0.5) is 0 Å². The van der Waals surface area contributed by atoms with Gasteiger partial charge in [-0.05, 0) is 32.4 Å². The lowest BCUT2D eigenvalue weighted by molar-refractivity contribution is 1.16. The first kappa shape index (κ1) is 11.0. The highest BCUT2D eigenvalue weighted by atomic mass is 35.5. The normalized spacial score (nSPS) is 10.9. The molecule has 2 heteroatoms. The summed E-state index contributed by atoms with van der Waals surface area (Å²) in [4.78, 5) is 4.42. The average Bonchev–Trinajstić information content (AvgIpc) is 2.09. The minimum Gasteiger partial charge on any atom is -0.253 e. The summed E-state index contributed by atoms with van der Waals surface area (Å²) in [6.45, 7) is 9.72. The van der Waals surface area contributed by atoms with E-state index in [9.17, 15) is 0 Å². The predicted molar refractivity (Wildman–Crippen MR) is 63.4 cm³/mol. The molecule has 0 aliphatic heterocycles. The summed E-state index contributed by atoms with van der Waals surface area (Å²) >= 11 is 6.13. The number of pyridine rings is 1. The molecule has 0 atom stereocenters. The van der Waals surface area contributed by atoms with E-state index in [0.717, 1.165) is 27.5 Å². The van der Waals surface area contributed by atoms with E-state index >= 15 is 0 Å². The summed E-state index contributed by atoms with van der Waals surface area (Å²) in [5.74, 6) is 0. The second kappa shape index (κ2) is 4.43. The summed E-state index contributed by atoms with van der Waals surface area (Å²) in [7, 11) is 0. The van der Waals surface area contributed by atoms with E-state index in [2.05, 4.69) is 11.6 Å². The van der Waals surface area contributed by atoms with Crippen LogP contribution in [0.2, 0.25) is 5.02 Å². The smallest absolute Gasteiger partial charge is 0.0743 e. The van der Waals surface area contributed by atoms with Crippen LogP contribution < -0.4 is 0 Å². The number of aryl methyl sites for hydroxylation is 1. The van der Waals surface area contributed by atoms with Crippen molar-refractivity contribution in [2.75, 3.05) is 0 Å². The van der Waals surface area contributed by atoms with Crippen molar-refractivity contribution < 1.29 is 0 Å². The van der Waals surface area contributed by atoms with Crippen molar-refractivity contribution in [3.8, 4) is 0 Å². The maximum Gasteiger partial charge on any atom is 0.0743 e. The second-order valence-corrected chi connectivity index (χ2v) is 3.70. The molecule has 0 aromatic carbocycles. The molecule has 0 radical (unpaired) electrons. The standard InChI is InChI=1S/C12H14ClN/c1-5-6-10-11(13)7-9(4)14-12(10)8(2)3/h5-7H,2H2,1,3-4H3/b6-5-. The molecule has 1 rings (SSSR count). The van der Waals surface area contributed by atoms with Gasteiger partial charge in [0.25, 0.3) is 0 Å². The average molecular weight is 208 g/mol. The Bertz CT molecular complexity index is 392. The van der Waals surface area contributed by atoms with Crippen LogP contribution in [-0.2, 0) is 0 Å². The molecule has 74 valence electrons. The molecule has 0 amide bonds. The molecule has 0 saturated carbocycles. The fourth-order valence-electron chi connectivity index (χ4n) is 1.29. The Balaban J connectivity index is 3.44. The SMILES string of the molecule is C=C(C)c1nc(C)cc(Cl)c1/C=C\C. The summed E-state index contributed by atoms with van der Waals surface area (Å²) < 4.78 is 0. The minimum atomic E-state index is 0.730. The lowest BCUT2D eigenvalue weighted by Crippen LogP contribution is -1.94. The van der Waals surface area contributed by atoms with E-state index in [4.69, 9.17) is 11.6 Å². The summed E-state index contributed by atoms with van der Waals surface area (Å²) in [5, 5.41) is 0.730. The van der Waals surface area contributed by atoms with E-state index in [-0.39, 0.29) is 0 Å². The lowest BCUT2D eigenvalue weighted by atomic mass is 10.1. The Labute approximate surface area is 90.1 Å². The molecule has 1 nitrogen and oxygen atoms in total. The van der Waals surface area contributed by atoms with Crippen molar-refractivity contribution >= 4 is 23.3 Å². The van der Waals surface area contributed by atoms with E-state index in [1.54, 1.807) is 0 Å². The van der Waals surface area contributed by atoms with Gasteiger partial charge in [-0.2, -0.15) is 0 Å². The Hall–Kier alpha value is -1.08. The lowest BCUT2D eigenvalue weighted by Gasteiger charge is -2.08. The highest BCUT2D eigenvalue weighted by Crippen LogP contribution is 2.25. The summed E-state index contributed by atoms with van der Waals surface area (Å²) in [6.07, 6.45) is 3.91. The minimum absolute atomic E-state index is 0.730. The molecular formula is C12H14ClN. The number of aromatic nitrogens is 1. The Morgan fingerprint density at radius 1 is 1.57 bits per heavy atom. The van der Waals surface area contributed by atoms with Gasteiger partial charge in [0.05, 0.1) is 10.7 Å². The fraction of sp³-hybridized carbons (Fsp3) is 0.250. The van der Waals surface area contributed by atoms with Crippen molar-refractivity contribution in [1.29, 1.82) is 0 Å². The van der Waals surface area contributed by atoms with Crippen molar-refractivity contribution in [3.63, 3.8) is 0 Å². The summed E-state index contributed by atoms with van der Waals surface area (Å²) in [6, 6.07) is 1.86. The number of rotatable bonds is 2. The third kappa shape index (κ3) is 2.24. The third-order valence-corrected chi connectivity index (χ3v) is 2.19. The van der Waals surface area contributed by atoms with Gasteiger partial charge in [-0.3, -0.25) is 4.98 Å². The van der Waals surface area contributed by atoms with Crippen LogP contribution in [0, 0.1) is 6.92 Å². The van der Waals surface area contributed by atoms with Crippen molar-refractivity contribution in [2.24, 2.45) is 0 Å². The predicted octanol–water partition coefficient (Wildman–Crippen LogP) is 4.11. The van der Waals surface area contributed by atoms with Gasteiger partial charge in [0, 0.05) is 11.3 Å². The van der Waals surface area contributed by atoms with Crippen LogP contribution in [0.1, 0.15) is 30.8 Å². The maximum atomic E-state index is 6.13. The number of allylic oxidation sites excluding steroid dienone is 2. The topological polar surface area (TPSA) is 12.9 Å². The largest absolute Gasteiger partial charge is 0.253 e. The molecule has 0 aliphatic rings. The zero-order valence-corrected chi connectivity index (χ0v) is 9.52. The second-order valence-electron chi connectivity index (χ2n) is 3.29. The molecule has 0 saturated heterocycles. The molecule has 14 heavy (non-hydrogen) atoms. The van der Waals surface area contributed by atoms with Crippen LogP contribution >= 0.6 is 11.6 Å². The zero-order valence-electron chi connectivity index (χ0n) is 8.76. The van der Waals surface area contributed by atoms with Crippen LogP contribution in [0.3, 0.4) is 0 Å². The molecule has 0 aliphatic carbocycles. The molecule has 1 heterocycles. The monoisotopic (exact) mass is 207 g/mol. The van der Waals surface area contributed by atoms with Gasteiger partial charge >= 0.3 is 0 Å². The molecule has 1 aromatic rings. The number of hydrogen-bond acceptors (Lipinski definition) is 1. The quantitative estimate of drug-likeness (QED) is 0.711. The first-order valence-electron chi connectivity index (χ1n) is 4.52. The van der Waals surface area contributed by atoms with E-state index in [1.807, 2.05) is 39.0 Å². The highest BCUT2D eigenvalue weighted by Gasteiger charge is 2.07. The van der Waals surface area contributed by atoms with Gasteiger partial charge in [0.15, 0.2) is 0 Å². The molecule has 0 spiro atoms. The van der Waals surface area contributed by atoms with Gasteiger partial charge in [0.1, 0.15) is 0 Å². The molecule has 0 unspecified atom stereocenters. The first-order chi connectivity index (χ1) is 6.56. The Morgan fingerprint density at radius 3 is 2.71 bits per heavy atom. The van der Waals surface area contributed by atoms with Gasteiger partial charge in [-0.1, -0.05) is 30.3 Å². The number of nitrogens with zero attached hydrogens (tertiary/aromatic N) is 1. The third-order valence-electron chi connectivity index (χ3n) is 1.87. The van der Waals surface area contributed by atoms with Crippen LogP contribution in [-0.4, -0.2) is 4.98 Å². The Kier molecular flexibility index (Phi) is 3.48. The zero-order chi connectivity index (χ0) is 10.7. The van der Waals surface area contributed by atoms with Crippen molar-refractivity contribution in [2.45, 2.75) is 20.8 Å². The maximum absolute atomic E-state index is 6.13. The van der Waals surface area contributed by atoms with Gasteiger partial charge in [0.2, 0.25) is 0 Å². The summed E-state index contributed by atoms with van der Waals surface area (Å²) in [5.41, 5.74) is 3.69. The van der Waals surface area contributed by atoms with Gasteiger partial charge in [-0.25, -0.2) is 0 Å². The molecule has 1 aromatic heterocycles. The molecule has 0 bridgehead atoms. The molecular weight excluding hydrogens is 194 g/mol. The van der Waals surface area contributed by atoms with Crippen molar-refractivity contribution in [3.05, 3.63) is 40.7 Å². The van der Waals surface area contributed by atoms with Crippen LogP contribution in [0.15, 0.2) is 18.7 Å². The first-order valence-corrected chi connectivity index (χ1v) is 4.89. The van der Waals surface area contributed by atoms with Crippen LogP contribution in [0.25, 0.3) is 11.6 Å². The molecule has 0 fully saturated rings. The van der Waals surface area contributed by atoms with E-state index < -0.39 is 0 Å². The highest BCUT2D eigenvalue weighted by molar-refractivity contribution is 6.32. The number of hydrogen-bond donors (Lipinski definition) is 0. The molecule has 0 N–H and O–H groups in total. The van der Waals surface area contributed by atoms with Gasteiger partial charge < -0.3 is 0 Å². The number of halogens is 1. The Morgan fingerprint density at radius 2 is 2.21 bits per heavy atom. The van der Waals surface area contributed by atoms with Crippen LogP contribution in [0.5, 0.6) is 0 Å². The van der Waals surface area contributed by atoms with Crippen molar-refractivity contribution in [1.82, 2.24) is 4.98 Å². The van der Waals surface area contributed by atoms with E-state index in [0.29, 0.717) is 0 Å². The fourth-order valence-corrected chi connectivity index (χ4v) is 1.60.